The van der Waals surface area contributed by atoms with Crippen LogP contribution in [0.1, 0.15) is 104 Å². The van der Waals surface area contributed by atoms with E-state index in [1.807, 2.05) is 54.3 Å². The smallest absolute Gasteiger partial charge is 0.274 e. The third-order valence-electron chi connectivity index (χ3n) is 9.36. The van der Waals surface area contributed by atoms with Gasteiger partial charge in [-0.3, -0.25) is 14.9 Å². The molecule has 0 radical (unpaired) electrons. The third kappa shape index (κ3) is 8.23. The second kappa shape index (κ2) is 14.9. The Bertz CT molecular complexity index is 1490. The summed E-state index contributed by atoms with van der Waals surface area (Å²) >= 11 is 3.61. The van der Waals surface area contributed by atoms with Gasteiger partial charge in [-0.05, 0) is 79.7 Å². The Hall–Kier alpha value is -2.59. The van der Waals surface area contributed by atoms with Crippen LogP contribution < -0.4 is 5.32 Å². The fourth-order valence-corrected chi connectivity index (χ4v) is 6.96. The average molecular weight is 696 g/mol. The van der Waals surface area contributed by atoms with Crippen molar-refractivity contribution < 1.29 is 14.0 Å². The number of hydrogen-bond acceptors (Lipinski definition) is 5. The predicted octanol–water partition coefficient (Wildman–Crippen LogP) is 8.45. The molecule has 2 heterocycles. The lowest BCUT2D eigenvalue weighted by atomic mass is 9.86. The van der Waals surface area contributed by atoms with Crippen LogP contribution in [0.4, 0.5) is 0 Å². The van der Waals surface area contributed by atoms with Crippen LogP contribution in [-0.4, -0.2) is 60.4 Å². The van der Waals surface area contributed by atoms with E-state index in [1.54, 1.807) is 4.68 Å². The van der Waals surface area contributed by atoms with Crippen molar-refractivity contribution in [1.82, 2.24) is 20.0 Å². The van der Waals surface area contributed by atoms with Crippen molar-refractivity contribution in [2.24, 2.45) is 0 Å². The van der Waals surface area contributed by atoms with Gasteiger partial charge in [0.15, 0.2) is 19.8 Å². The van der Waals surface area contributed by atoms with Gasteiger partial charge in [-0.25, -0.2) is 4.68 Å². The Morgan fingerprint density at radius 1 is 1.07 bits per heavy atom. The largest absolute Gasteiger partial charge is 0.415 e. The quantitative estimate of drug-likeness (QED) is 0.144. The number of hydrogen-bond donors (Lipinski definition) is 1. The van der Waals surface area contributed by atoms with Gasteiger partial charge in [0.2, 0.25) is 0 Å². The number of unbranched alkanes of at least 4 members (excludes halogenated alkanes) is 2. The molecule has 4 rings (SSSR count). The standard InChI is InChI=1S/C36H51BrN4O3Si/c1-9-11-19-40(20-12-10-2)35(43)31-21-25(3)41(39-31)32-18-17-27(37)23-30(32)34(42)33-29-16-14-13-15-26(29)22-28(38-33)24-44-45(7,8)36(4,5)6/h13-18,21,23,28,33,38H,9-12,19-20,22,24H2,1-8H3/t28?,33-/m0/s1. The van der Waals surface area contributed by atoms with Crippen molar-refractivity contribution in [3.8, 4) is 5.69 Å². The monoisotopic (exact) mass is 694 g/mol. The zero-order chi connectivity index (χ0) is 32.9. The number of carbonyl (C=O) groups excluding carboxylic acids is 2. The minimum Gasteiger partial charge on any atom is -0.415 e. The Balaban J connectivity index is 1.67. The molecule has 2 atom stereocenters. The summed E-state index contributed by atoms with van der Waals surface area (Å²) in [7, 11) is -1.96. The highest BCUT2D eigenvalue weighted by atomic mass is 79.9. The summed E-state index contributed by atoms with van der Waals surface area (Å²) in [6.07, 6.45) is 4.76. The molecule has 45 heavy (non-hydrogen) atoms. The fourth-order valence-electron chi connectivity index (χ4n) is 5.54. The number of benzene rings is 2. The number of carbonyl (C=O) groups is 2. The van der Waals surface area contributed by atoms with Gasteiger partial charge in [-0.2, -0.15) is 5.10 Å². The molecular weight excluding hydrogens is 644 g/mol. The third-order valence-corrected chi connectivity index (χ3v) is 14.4. The van der Waals surface area contributed by atoms with Crippen molar-refractivity contribution in [3.63, 3.8) is 0 Å². The van der Waals surface area contributed by atoms with E-state index in [0.717, 1.165) is 66.5 Å². The number of Topliss-reactive ketones (excluding diaryl/α,β-unsaturated/α-hetero) is 1. The maximum absolute atomic E-state index is 14.6. The molecule has 2 aromatic carbocycles. The van der Waals surface area contributed by atoms with Crippen LogP contribution in [0.15, 0.2) is 53.0 Å². The molecule has 1 aromatic heterocycles. The molecule has 0 bridgehead atoms. The summed E-state index contributed by atoms with van der Waals surface area (Å²) in [6, 6.07) is 15.2. The summed E-state index contributed by atoms with van der Waals surface area (Å²) < 4.78 is 9.17. The molecule has 1 unspecified atom stereocenters. The normalized spacial score (nSPS) is 16.8. The number of nitrogens with zero attached hydrogens (tertiary/aromatic N) is 3. The van der Waals surface area contributed by atoms with Crippen molar-refractivity contribution in [1.29, 1.82) is 0 Å². The van der Waals surface area contributed by atoms with E-state index < -0.39 is 14.4 Å². The Labute approximate surface area is 279 Å². The highest BCUT2D eigenvalue weighted by Crippen LogP contribution is 2.37. The molecule has 7 nitrogen and oxygen atoms in total. The lowest BCUT2D eigenvalue weighted by Crippen LogP contribution is -2.49. The van der Waals surface area contributed by atoms with Gasteiger partial charge in [0.25, 0.3) is 5.91 Å². The first kappa shape index (κ1) is 35.3. The topological polar surface area (TPSA) is 76.5 Å². The molecule has 0 fully saturated rings. The lowest BCUT2D eigenvalue weighted by molar-refractivity contribution is 0.0744. The summed E-state index contributed by atoms with van der Waals surface area (Å²) in [5, 5.41) is 8.56. The fraction of sp³-hybridized carbons (Fsp3) is 0.528. The minimum absolute atomic E-state index is 0.00599. The van der Waals surface area contributed by atoms with Crippen LogP contribution in [-0.2, 0) is 10.8 Å². The van der Waals surface area contributed by atoms with E-state index in [2.05, 4.69) is 75.0 Å². The summed E-state index contributed by atoms with van der Waals surface area (Å²) in [5.41, 5.74) is 4.57. The number of fused-ring (bicyclic) bond motifs is 1. The Morgan fingerprint density at radius 2 is 1.73 bits per heavy atom. The maximum atomic E-state index is 14.6. The van der Waals surface area contributed by atoms with Gasteiger partial charge in [0.1, 0.15) is 0 Å². The summed E-state index contributed by atoms with van der Waals surface area (Å²) in [6.45, 7) is 19.5. The Morgan fingerprint density at radius 3 is 2.38 bits per heavy atom. The zero-order valence-corrected chi connectivity index (χ0v) is 31.0. The summed E-state index contributed by atoms with van der Waals surface area (Å²) in [4.78, 5) is 30.1. The first-order valence-corrected chi connectivity index (χ1v) is 20.1. The maximum Gasteiger partial charge on any atom is 0.274 e. The number of aryl methyl sites for hydroxylation is 1. The summed E-state index contributed by atoms with van der Waals surface area (Å²) in [5.74, 6) is -0.0951. The van der Waals surface area contributed by atoms with Crippen LogP contribution >= 0.6 is 15.9 Å². The number of halogens is 1. The van der Waals surface area contributed by atoms with E-state index >= 15 is 0 Å². The zero-order valence-electron chi connectivity index (χ0n) is 28.4. The molecule has 244 valence electrons. The number of ketones is 1. The second-order valence-electron chi connectivity index (χ2n) is 13.9. The predicted molar refractivity (Wildman–Crippen MR) is 189 cm³/mol. The SMILES string of the molecule is CCCCN(CCCC)C(=O)c1cc(C)n(-c2ccc(Br)cc2C(=O)[C@H]2NC(CO[Si](C)(C)C(C)(C)C)Cc3ccccc32)n1. The van der Waals surface area contributed by atoms with Crippen LogP contribution in [0.2, 0.25) is 18.1 Å². The second-order valence-corrected chi connectivity index (χ2v) is 19.6. The van der Waals surface area contributed by atoms with E-state index in [1.165, 1.54) is 0 Å². The lowest BCUT2D eigenvalue weighted by Gasteiger charge is -2.39. The molecule has 0 saturated carbocycles. The molecule has 0 spiro atoms. The van der Waals surface area contributed by atoms with Crippen LogP contribution in [0.3, 0.4) is 0 Å². The average Bonchev–Trinajstić information content (AvgIpc) is 3.39. The van der Waals surface area contributed by atoms with Gasteiger partial charge in [0, 0.05) is 41.5 Å². The van der Waals surface area contributed by atoms with Crippen LogP contribution in [0.25, 0.3) is 5.69 Å². The van der Waals surface area contributed by atoms with Crippen molar-refractivity contribution in [3.05, 3.63) is 81.1 Å². The first-order valence-electron chi connectivity index (χ1n) is 16.4. The van der Waals surface area contributed by atoms with Gasteiger partial charge in [0.05, 0.1) is 11.7 Å². The van der Waals surface area contributed by atoms with E-state index in [9.17, 15) is 9.59 Å². The highest BCUT2D eigenvalue weighted by molar-refractivity contribution is 9.10. The van der Waals surface area contributed by atoms with Crippen molar-refractivity contribution in [2.75, 3.05) is 19.7 Å². The molecule has 0 saturated heterocycles. The molecule has 0 aliphatic carbocycles. The van der Waals surface area contributed by atoms with Gasteiger partial charge < -0.3 is 9.33 Å². The number of nitrogens with one attached hydrogen (secondary N) is 1. The number of rotatable bonds is 13. The highest BCUT2D eigenvalue weighted by Gasteiger charge is 2.39. The van der Waals surface area contributed by atoms with Gasteiger partial charge >= 0.3 is 0 Å². The molecular formula is C36H51BrN4O3Si. The molecule has 1 aliphatic heterocycles. The molecule has 3 aromatic rings. The molecule has 1 amide bonds. The molecule has 1 aliphatic rings. The van der Waals surface area contributed by atoms with Crippen LogP contribution in [0, 0.1) is 6.92 Å². The van der Waals surface area contributed by atoms with E-state index in [-0.39, 0.29) is 22.8 Å². The number of aromatic nitrogens is 2. The van der Waals surface area contributed by atoms with Crippen molar-refractivity contribution in [2.45, 2.75) is 104 Å². The Kier molecular flexibility index (Phi) is 11.7. The minimum atomic E-state index is -1.96. The van der Waals surface area contributed by atoms with Crippen LogP contribution in [0.5, 0.6) is 0 Å². The number of amides is 1. The van der Waals surface area contributed by atoms with Crippen molar-refractivity contribution >= 4 is 35.9 Å². The van der Waals surface area contributed by atoms with E-state index in [4.69, 9.17) is 9.52 Å². The van der Waals surface area contributed by atoms with Gasteiger partial charge in [-0.15, -0.1) is 0 Å². The molecule has 1 N–H and O–H groups in total. The van der Waals surface area contributed by atoms with E-state index in [0.29, 0.717) is 23.6 Å². The molecule has 9 heteroatoms. The first-order chi connectivity index (χ1) is 21.3. The van der Waals surface area contributed by atoms with Gasteiger partial charge in [-0.1, -0.05) is 87.7 Å².